The Morgan fingerprint density at radius 2 is 1.89 bits per heavy atom. The van der Waals surface area contributed by atoms with Gasteiger partial charge in [0.25, 0.3) is 0 Å². The minimum Gasteiger partial charge on any atom is -0.226 e. The monoisotopic (exact) mass is 483 g/mol. The summed E-state index contributed by atoms with van der Waals surface area (Å²) < 4.78 is 5.21. The molecule has 0 fully saturated rings. The first-order valence-electron chi connectivity index (χ1n) is 7.91. The van der Waals surface area contributed by atoms with Gasteiger partial charge < -0.3 is 0 Å². The van der Waals surface area contributed by atoms with E-state index in [0.29, 0.717) is 17.9 Å². The lowest BCUT2D eigenvalue weighted by molar-refractivity contribution is 0.653. The summed E-state index contributed by atoms with van der Waals surface area (Å²) in [6.45, 7) is 0.489. The predicted molar refractivity (Wildman–Crippen MR) is 106 cm³/mol. The van der Waals surface area contributed by atoms with Crippen molar-refractivity contribution in [2.75, 3.05) is 0 Å². The molecule has 0 aliphatic rings. The lowest BCUT2D eigenvalue weighted by Gasteiger charge is -2.06. The highest BCUT2D eigenvalue weighted by Gasteiger charge is 2.18. The minimum absolute atomic E-state index is 0.489. The molecule has 2 heterocycles. The first-order valence-corrected chi connectivity index (χ1v) is 9.49. The molecule has 2 aromatic carbocycles. The number of halogens is 2. The first kappa shape index (κ1) is 17.6. The van der Waals surface area contributed by atoms with Gasteiger partial charge in [0.15, 0.2) is 5.82 Å². The summed E-state index contributed by atoms with van der Waals surface area (Å²) in [7, 11) is 0. The zero-order valence-corrected chi connectivity index (χ0v) is 17.0. The summed E-state index contributed by atoms with van der Waals surface area (Å²) >= 11 is 7.09. The van der Waals surface area contributed by atoms with Crippen LogP contribution in [0.5, 0.6) is 0 Å². The standard InChI is InChI=1S/C18H11Br2N7/c19-14-2-1-3-15(8-14)27-17(20)16(10-22-27)18-23-24-25-26(18)11-13-6-4-12(9-21)5-7-13/h1-8,10H,11H2. The van der Waals surface area contributed by atoms with Gasteiger partial charge in [0.2, 0.25) is 0 Å². The zero-order valence-electron chi connectivity index (χ0n) is 13.8. The predicted octanol–water partition coefficient (Wildman–Crippen LogP) is 3.97. The highest BCUT2D eigenvalue weighted by atomic mass is 79.9. The van der Waals surface area contributed by atoms with Gasteiger partial charge in [-0.3, -0.25) is 0 Å². The molecular weight excluding hydrogens is 474 g/mol. The van der Waals surface area contributed by atoms with E-state index in [0.717, 1.165) is 25.9 Å². The van der Waals surface area contributed by atoms with Crippen LogP contribution >= 0.6 is 31.9 Å². The van der Waals surface area contributed by atoms with E-state index in [1.165, 1.54) is 0 Å². The number of nitriles is 1. The zero-order chi connectivity index (χ0) is 18.8. The molecule has 0 bridgehead atoms. The van der Waals surface area contributed by atoms with Crippen LogP contribution < -0.4 is 0 Å². The Kier molecular flexibility index (Phi) is 4.83. The van der Waals surface area contributed by atoms with Crippen molar-refractivity contribution in [2.24, 2.45) is 0 Å². The summed E-state index contributed by atoms with van der Waals surface area (Å²) in [5.74, 6) is 0.604. The number of benzene rings is 2. The summed E-state index contributed by atoms with van der Waals surface area (Å²) in [5.41, 5.74) is 3.31. The smallest absolute Gasteiger partial charge is 0.186 e. The Balaban J connectivity index is 1.67. The van der Waals surface area contributed by atoms with Crippen LogP contribution in [0.15, 0.2) is 63.8 Å². The molecule has 132 valence electrons. The summed E-state index contributed by atoms with van der Waals surface area (Å²) in [5, 5.41) is 25.4. The molecule has 0 unspecified atom stereocenters. The maximum absolute atomic E-state index is 8.92. The van der Waals surface area contributed by atoms with Gasteiger partial charge in [-0.15, -0.1) is 5.10 Å². The third-order valence-corrected chi connectivity index (χ3v) is 5.21. The molecule has 0 radical (unpaired) electrons. The van der Waals surface area contributed by atoms with E-state index in [1.54, 1.807) is 27.7 Å². The van der Waals surface area contributed by atoms with Crippen molar-refractivity contribution in [1.29, 1.82) is 5.26 Å². The molecule has 0 atom stereocenters. The Morgan fingerprint density at radius 1 is 1.07 bits per heavy atom. The molecule has 0 amide bonds. The number of hydrogen-bond donors (Lipinski definition) is 0. The van der Waals surface area contributed by atoms with Crippen molar-refractivity contribution in [3.63, 3.8) is 0 Å². The molecule has 7 nitrogen and oxygen atoms in total. The van der Waals surface area contributed by atoms with Crippen LogP contribution in [-0.4, -0.2) is 30.0 Å². The summed E-state index contributed by atoms with van der Waals surface area (Å²) in [4.78, 5) is 0. The molecule has 0 N–H and O–H groups in total. The van der Waals surface area contributed by atoms with Crippen LogP contribution in [0.3, 0.4) is 0 Å². The second-order valence-electron chi connectivity index (χ2n) is 5.71. The van der Waals surface area contributed by atoms with Crippen LogP contribution in [0, 0.1) is 11.3 Å². The van der Waals surface area contributed by atoms with Gasteiger partial charge >= 0.3 is 0 Å². The van der Waals surface area contributed by atoms with Gasteiger partial charge in [-0.25, -0.2) is 9.36 Å². The normalized spacial score (nSPS) is 10.7. The number of rotatable bonds is 4. The highest BCUT2D eigenvalue weighted by Crippen LogP contribution is 2.29. The molecule has 0 aliphatic carbocycles. The van der Waals surface area contributed by atoms with E-state index in [-0.39, 0.29) is 0 Å². The quantitative estimate of drug-likeness (QED) is 0.437. The minimum atomic E-state index is 0.489. The maximum atomic E-state index is 8.92. The van der Waals surface area contributed by atoms with E-state index < -0.39 is 0 Å². The molecule has 4 rings (SSSR count). The fraction of sp³-hybridized carbons (Fsp3) is 0.0556. The van der Waals surface area contributed by atoms with Crippen molar-refractivity contribution in [3.05, 3.63) is 74.9 Å². The lowest BCUT2D eigenvalue weighted by Crippen LogP contribution is -2.04. The van der Waals surface area contributed by atoms with Gasteiger partial charge in [0.05, 0.1) is 35.6 Å². The fourth-order valence-corrected chi connectivity index (χ4v) is 3.60. The van der Waals surface area contributed by atoms with Crippen molar-refractivity contribution in [1.82, 2.24) is 30.0 Å². The Hall–Kier alpha value is -2.83. The molecule has 4 aromatic rings. The van der Waals surface area contributed by atoms with Crippen LogP contribution in [0.4, 0.5) is 0 Å². The maximum Gasteiger partial charge on any atom is 0.186 e. The van der Waals surface area contributed by atoms with Gasteiger partial charge in [-0.2, -0.15) is 10.4 Å². The number of hydrogen-bond acceptors (Lipinski definition) is 5. The van der Waals surface area contributed by atoms with E-state index in [1.807, 2.05) is 36.4 Å². The topological polar surface area (TPSA) is 85.2 Å². The van der Waals surface area contributed by atoms with E-state index in [2.05, 4.69) is 58.6 Å². The van der Waals surface area contributed by atoms with Crippen LogP contribution in [-0.2, 0) is 6.54 Å². The van der Waals surface area contributed by atoms with Crippen LogP contribution in [0.25, 0.3) is 17.1 Å². The second-order valence-corrected chi connectivity index (χ2v) is 7.38. The van der Waals surface area contributed by atoms with Crippen LogP contribution in [0.1, 0.15) is 11.1 Å². The third kappa shape index (κ3) is 3.54. The van der Waals surface area contributed by atoms with Crippen LogP contribution in [0.2, 0.25) is 0 Å². The summed E-state index contributed by atoms with van der Waals surface area (Å²) in [6, 6.07) is 17.3. The summed E-state index contributed by atoms with van der Waals surface area (Å²) in [6.07, 6.45) is 1.73. The number of aromatic nitrogens is 6. The average Bonchev–Trinajstić information content (AvgIpc) is 3.28. The van der Waals surface area contributed by atoms with Gasteiger partial charge in [0, 0.05) is 4.47 Å². The molecule has 0 saturated heterocycles. The van der Waals surface area contributed by atoms with E-state index in [4.69, 9.17) is 5.26 Å². The van der Waals surface area contributed by atoms with Crippen molar-refractivity contribution in [2.45, 2.75) is 6.54 Å². The van der Waals surface area contributed by atoms with Gasteiger partial charge in [-0.1, -0.05) is 34.1 Å². The molecule has 27 heavy (non-hydrogen) atoms. The Morgan fingerprint density at radius 3 is 2.63 bits per heavy atom. The third-order valence-electron chi connectivity index (χ3n) is 3.95. The first-order chi connectivity index (χ1) is 13.2. The number of tetrazole rings is 1. The SMILES string of the molecule is N#Cc1ccc(Cn2nnnc2-c2cnn(-c3cccc(Br)c3)c2Br)cc1. The van der Waals surface area contributed by atoms with Gasteiger partial charge in [0.1, 0.15) is 4.60 Å². The molecule has 9 heteroatoms. The van der Waals surface area contributed by atoms with Gasteiger partial charge in [-0.05, 0) is 62.3 Å². The molecule has 0 spiro atoms. The molecule has 0 aliphatic heterocycles. The van der Waals surface area contributed by atoms with Crippen molar-refractivity contribution in [3.8, 4) is 23.1 Å². The fourth-order valence-electron chi connectivity index (χ4n) is 2.63. The number of nitrogens with zero attached hydrogens (tertiary/aromatic N) is 7. The second kappa shape index (κ2) is 7.42. The highest BCUT2D eigenvalue weighted by molar-refractivity contribution is 9.10. The Labute approximate surface area is 171 Å². The molecular formula is C18H11Br2N7. The van der Waals surface area contributed by atoms with E-state index >= 15 is 0 Å². The largest absolute Gasteiger partial charge is 0.226 e. The average molecular weight is 485 g/mol. The van der Waals surface area contributed by atoms with Crippen molar-refractivity contribution >= 4 is 31.9 Å². The van der Waals surface area contributed by atoms with Crippen molar-refractivity contribution < 1.29 is 0 Å². The molecule has 0 saturated carbocycles. The lowest BCUT2D eigenvalue weighted by atomic mass is 10.1. The molecule has 2 aromatic heterocycles. The van der Waals surface area contributed by atoms with E-state index in [9.17, 15) is 0 Å². The Bertz CT molecular complexity index is 1140.